The van der Waals surface area contributed by atoms with Gasteiger partial charge in [-0.2, -0.15) is 0 Å². The first-order chi connectivity index (χ1) is 7.52. The first-order valence-corrected chi connectivity index (χ1v) is 5.98. The summed E-state index contributed by atoms with van der Waals surface area (Å²) in [6, 6.07) is 5.67. The maximum Gasteiger partial charge on any atom is 0.252 e. The lowest BCUT2D eigenvalue weighted by molar-refractivity contribution is 0.0957. The van der Waals surface area contributed by atoms with E-state index in [1.54, 1.807) is 0 Å². The van der Waals surface area contributed by atoms with Crippen LogP contribution < -0.4 is 5.32 Å². The van der Waals surface area contributed by atoms with E-state index < -0.39 is 0 Å². The van der Waals surface area contributed by atoms with Crippen LogP contribution in [0.4, 0.5) is 0 Å². The summed E-state index contributed by atoms with van der Waals surface area (Å²) < 4.78 is 0.865. The number of nitrogens with one attached hydrogen (secondary N) is 1. The quantitative estimate of drug-likeness (QED) is 0.845. The molecule has 0 aliphatic rings. The highest BCUT2D eigenvalue weighted by molar-refractivity contribution is 9.10. The Balaban J connectivity index is 2.74. The zero-order valence-electron chi connectivity index (χ0n) is 9.80. The molecule has 1 rings (SSSR count). The van der Waals surface area contributed by atoms with Crippen LogP contribution in [0.25, 0.3) is 0 Å². The Morgan fingerprint density at radius 1 is 1.44 bits per heavy atom. The van der Waals surface area contributed by atoms with Gasteiger partial charge in [0.1, 0.15) is 0 Å². The van der Waals surface area contributed by atoms with Crippen LogP contribution in [-0.2, 0) is 0 Å². The lowest BCUT2D eigenvalue weighted by atomic mass is 10.1. The Labute approximate surface area is 105 Å². The molecule has 1 N–H and O–H groups in total. The van der Waals surface area contributed by atoms with Crippen molar-refractivity contribution in [3.8, 4) is 0 Å². The molecule has 0 fully saturated rings. The summed E-state index contributed by atoms with van der Waals surface area (Å²) in [7, 11) is 0. The van der Waals surface area contributed by atoms with E-state index in [0.29, 0.717) is 12.1 Å². The zero-order valence-corrected chi connectivity index (χ0v) is 11.4. The molecular formula is C13H16BrNO. The van der Waals surface area contributed by atoms with Crippen molar-refractivity contribution in [2.75, 3.05) is 6.54 Å². The Morgan fingerprint density at radius 3 is 2.75 bits per heavy atom. The van der Waals surface area contributed by atoms with E-state index in [2.05, 4.69) is 21.2 Å². The number of hydrogen-bond donors (Lipinski definition) is 1. The monoisotopic (exact) mass is 281 g/mol. The van der Waals surface area contributed by atoms with E-state index in [1.807, 2.05) is 45.0 Å². The topological polar surface area (TPSA) is 29.1 Å². The van der Waals surface area contributed by atoms with Gasteiger partial charge in [-0.1, -0.05) is 23.8 Å². The lowest BCUT2D eigenvalue weighted by Gasteiger charge is -2.06. The Hall–Kier alpha value is -1.09. The van der Waals surface area contributed by atoms with Crippen molar-refractivity contribution in [3.63, 3.8) is 0 Å². The van der Waals surface area contributed by atoms with Gasteiger partial charge in [-0.15, -0.1) is 0 Å². The number of amides is 1. The average Bonchev–Trinajstić information content (AvgIpc) is 2.21. The molecule has 0 radical (unpaired) electrons. The van der Waals surface area contributed by atoms with Crippen LogP contribution >= 0.6 is 15.9 Å². The van der Waals surface area contributed by atoms with Crippen LogP contribution in [0.3, 0.4) is 0 Å². The van der Waals surface area contributed by atoms with Crippen molar-refractivity contribution < 1.29 is 4.79 Å². The summed E-state index contributed by atoms with van der Waals surface area (Å²) in [6.45, 7) is 6.56. The van der Waals surface area contributed by atoms with Crippen LogP contribution in [-0.4, -0.2) is 12.5 Å². The lowest BCUT2D eigenvalue weighted by Crippen LogP contribution is -2.24. The van der Waals surface area contributed by atoms with Crippen molar-refractivity contribution in [1.82, 2.24) is 5.32 Å². The van der Waals surface area contributed by atoms with Crippen LogP contribution in [0.2, 0.25) is 0 Å². The summed E-state index contributed by atoms with van der Waals surface area (Å²) in [4.78, 5) is 11.8. The fraction of sp³-hybridized carbons (Fsp3) is 0.308. The SMILES string of the molecule is CC(C)=CCNC(=O)c1cccc(C)c1Br. The van der Waals surface area contributed by atoms with E-state index in [0.717, 1.165) is 10.0 Å². The molecule has 0 aliphatic carbocycles. The number of benzene rings is 1. The standard InChI is InChI=1S/C13H16BrNO/c1-9(2)7-8-15-13(16)11-6-4-5-10(3)12(11)14/h4-7H,8H2,1-3H3,(H,15,16). The normalized spacial score (nSPS) is 9.75. The highest BCUT2D eigenvalue weighted by Gasteiger charge is 2.09. The molecule has 2 nitrogen and oxygen atoms in total. The third-order valence-corrected chi connectivity index (χ3v) is 3.26. The molecule has 3 heteroatoms. The fourth-order valence-corrected chi connectivity index (χ4v) is 1.71. The summed E-state index contributed by atoms with van der Waals surface area (Å²) in [5, 5.41) is 2.85. The molecule has 0 aromatic heterocycles. The summed E-state index contributed by atoms with van der Waals surface area (Å²) in [5.41, 5.74) is 2.95. The second kappa shape index (κ2) is 5.85. The first-order valence-electron chi connectivity index (χ1n) is 5.19. The predicted molar refractivity (Wildman–Crippen MR) is 70.6 cm³/mol. The summed E-state index contributed by atoms with van der Waals surface area (Å²) in [5.74, 6) is -0.0481. The molecule has 16 heavy (non-hydrogen) atoms. The van der Waals surface area contributed by atoms with Crippen molar-refractivity contribution in [3.05, 3.63) is 45.4 Å². The number of rotatable bonds is 3. The smallest absolute Gasteiger partial charge is 0.252 e. The molecule has 86 valence electrons. The predicted octanol–water partition coefficient (Wildman–Crippen LogP) is 3.45. The van der Waals surface area contributed by atoms with E-state index >= 15 is 0 Å². The van der Waals surface area contributed by atoms with Gasteiger partial charge in [0.15, 0.2) is 0 Å². The molecule has 1 amide bonds. The van der Waals surface area contributed by atoms with Gasteiger partial charge in [0.2, 0.25) is 0 Å². The number of aryl methyl sites for hydroxylation is 1. The Bertz CT molecular complexity index is 420. The van der Waals surface area contributed by atoms with E-state index in [1.165, 1.54) is 5.57 Å². The van der Waals surface area contributed by atoms with E-state index in [-0.39, 0.29) is 5.91 Å². The van der Waals surface area contributed by atoms with Crippen LogP contribution in [0.1, 0.15) is 29.8 Å². The maximum absolute atomic E-state index is 11.8. The number of carbonyl (C=O) groups excluding carboxylic acids is 1. The maximum atomic E-state index is 11.8. The van der Waals surface area contributed by atoms with Crippen LogP contribution in [0.5, 0.6) is 0 Å². The van der Waals surface area contributed by atoms with Gasteiger partial charge in [0.05, 0.1) is 5.56 Å². The molecule has 0 bridgehead atoms. The molecule has 0 heterocycles. The molecule has 1 aromatic carbocycles. The van der Waals surface area contributed by atoms with E-state index in [9.17, 15) is 4.79 Å². The molecule has 0 unspecified atom stereocenters. The number of allylic oxidation sites excluding steroid dienone is 1. The minimum atomic E-state index is -0.0481. The van der Waals surface area contributed by atoms with Gasteiger partial charge < -0.3 is 5.32 Å². The van der Waals surface area contributed by atoms with Gasteiger partial charge in [0.25, 0.3) is 5.91 Å². The summed E-state index contributed by atoms with van der Waals surface area (Å²) in [6.07, 6.45) is 1.99. The van der Waals surface area contributed by atoms with Crippen molar-refractivity contribution in [2.45, 2.75) is 20.8 Å². The third kappa shape index (κ3) is 3.49. The molecular weight excluding hydrogens is 266 g/mol. The van der Waals surface area contributed by atoms with Gasteiger partial charge in [-0.3, -0.25) is 4.79 Å². The Kier molecular flexibility index (Phi) is 4.74. The fourth-order valence-electron chi connectivity index (χ4n) is 1.27. The minimum Gasteiger partial charge on any atom is -0.349 e. The third-order valence-electron chi connectivity index (χ3n) is 2.21. The highest BCUT2D eigenvalue weighted by Crippen LogP contribution is 2.20. The second-order valence-electron chi connectivity index (χ2n) is 3.93. The van der Waals surface area contributed by atoms with Crippen LogP contribution in [0, 0.1) is 6.92 Å². The van der Waals surface area contributed by atoms with Crippen molar-refractivity contribution >= 4 is 21.8 Å². The number of hydrogen-bond acceptors (Lipinski definition) is 1. The first kappa shape index (κ1) is 13.0. The number of halogens is 1. The van der Waals surface area contributed by atoms with Gasteiger partial charge in [-0.05, 0) is 48.3 Å². The molecule has 0 saturated heterocycles. The molecule has 0 saturated carbocycles. The zero-order chi connectivity index (χ0) is 12.1. The molecule has 0 atom stereocenters. The largest absolute Gasteiger partial charge is 0.349 e. The minimum absolute atomic E-state index is 0.0481. The summed E-state index contributed by atoms with van der Waals surface area (Å²) >= 11 is 3.43. The second-order valence-corrected chi connectivity index (χ2v) is 4.72. The van der Waals surface area contributed by atoms with Crippen LogP contribution in [0.15, 0.2) is 34.3 Å². The molecule has 0 aliphatic heterocycles. The Morgan fingerprint density at radius 2 is 2.12 bits per heavy atom. The molecule has 0 spiro atoms. The van der Waals surface area contributed by atoms with E-state index in [4.69, 9.17) is 0 Å². The van der Waals surface area contributed by atoms with Crippen molar-refractivity contribution in [1.29, 1.82) is 0 Å². The van der Waals surface area contributed by atoms with Gasteiger partial charge >= 0.3 is 0 Å². The molecule has 1 aromatic rings. The van der Waals surface area contributed by atoms with Crippen molar-refractivity contribution in [2.24, 2.45) is 0 Å². The van der Waals surface area contributed by atoms with Gasteiger partial charge in [0, 0.05) is 11.0 Å². The highest BCUT2D eigenvalue weighted by atomic mass is 79.9. The van der Waals surface area contributed by atoms with Gasteiger partial charge in [-0.25, -0.2) is 0 Å². The number of carbonyl (C=O) groups is 1. The average molecular weight is 282 g/mol.